The number of aliphatic hydroxyl groups excluding tert-OH is 1. The van der Waals surface area contributed by atoms with E-state index in [0.717, 1.165) is 11.1 Å². The molecule has 1 unspecified atom stereocenters. The summed E-state index contributed by atoms with van der Waals surface area (Å²) in [6, 6.07) is 1.96. The first-order valence-corrected chi connectivity index (χ1v) is 6.10. The highest BCUT2D eigenvalue weighted by atomic mass is 16.3. The predicted molar refractivity (Wildman–Crippen MR) is 71.9 cm³/mol. The number of carbonyl (C=O) groups excluding carboxylic acids is 1. The molecule has 98 valence electrons. The molecule has 1 aromatic heterocycles. The molecule has 4 nitrogen and oxygen atoms in total. The van der Waals surface area contributed by atoms with Gasteiger partial charge in [0.15, 0.2) is 0 Å². The third-order valence-electron chi connectivity index (χ3n) is 2.57. The molecular weight excluding hydrogens is 228 g/mol. The van der Waals surface area contributed by atoms with E-state index in [0.29, 0.717) is 13.0 Å². The van der Waals surface area contributed by atoms with Gasteiger partial charge in [0.05, 0.1) is 0 Å². The highest BCUT2D eigenvalue weighted by Gasteiger charge is 2.02. The Hall–Kier alpha value is -1.68. The average Bonchev–Trinajstić information content (AvgIpc) is 2.34. The molecular formula is C14H20N2O2. The molecule has 1 aromatic rings. The number of pyridine rings is 1. The standard InChI is InChI=1S/C14H20N2O2/c1-11(5-6-17)9-16-14(18)4-3-13-7-12(2)8-15-10-13/h3-4,7-8,10-11,17H,5-6,9H2,1-2H3,(H,16,18)/b4-3+. The summed E-state index contributed by atoms with van der Waals surface area (Å²) in [7, 11) is 0. The Bertz CT molecular complexity index is 416. The fourth-order valence-corrected chi connectivity index (χ4v) is 1.50. The molecule has 0 saturated carbocycles. The van der Waals surface area contributed by atoms with Crippen LogP contribution in [0.2, 0.25) is 0 Å². The largest absolute Gasteiger partial charge is 0.396 e. The number of aromatic nitrogens is 1. The van der Waals surface area contributed by atoms with Crippen molar-refractivity contribution in [3.8, 4) is 0 Å². The zero-order valence-electron chi connectivity index (χ0n) is 10.9. The van der Waals surface area contributed by atoms with Gasteiger partial charge in [-0.1, -0.05) is 6.92 Å². The molecule has 0 saturated heterocycles. The van der Waals surface area contributed by atoms with Crippen molar-refractivity contribution in [3.63, 3.8) is 0 Å². The van der Waals surface area contributed by atoms with Crippen LogP contribution in [-0.4, -0.2) is 29.1 Å². The van der Waals surface area contributed by atoms with Gasteiger partial charge < -0.3 is 10.4 Å². The first-order chi connectivity index (χ1) is 8.61. The van der Waals surface area contributed by atoms with Crippen LogP contribution in [0, 0.1) is 12.8 Å². The molecule has 1 atom stereocenters. The van der Waals surface area contributed by atoms with Gasteiger partial charge in [-0.25, -0.2) is 0 Å². The van der Waals surface area contributed by atoms with Crippen molar-refractivity contribution in [2.24, 2.45) is 5.92 Å². The molecule has 0 aromatic carbocycles. The fourth-order valence-electron chi connectivity index (χ4n) is 1.50. The third kappa shape index (κ3) is 5.59. The van der Waals surface area contributed by atoms with Crippen LogP contribution in [0.1, 0.15) is 24.5 Å². The van der Waals surface area contributed by atoms with Crippen molar-refractivity contribution in [3.05, 3.63) is 35.7 Å². The molecule has 0 aliphatic carbocycles. The summed E-state index contributed by atoms with van der Waals surface area (Å²) in [5, 5.41) is 11.5. The molecule has 0 bridgehead atoms. The van der Waals surface area contributed by atoms with E-state index < -0.39 is 0 Å². The predicted octanol–water partition coefficient (Wildman–Crippen LogP) is 1.54. The van der Waals surface area contributed by atoms with E-state index in [1.807, 2.05) is 19.9 Å². The van der Waals surface area contributed by atoms with Crippen LogP contribution in [0.15, 0.2) is 24.5 Å². The Balaban J connectivity index is 2.40. The zero-order valence-corrected chi connectivity index (χ0v) is 10.9. The van der Waals surface area contributed by atoms with E-state index in [1.54, 1.807) is 18.5 Å². The zero-order chi connectivity index (χ0) is 13.4. The van der Waals surface area contributed by atoms with Crippen molar-refractivity contribution < 1.29 is 9.90 Å². The van der Waals surface area contributed by atoms with Gasteiger partial charge >= 0.3 is 0 Å². The minimum Gasteiger partial charge on any atom is -0.396 e. The summed E-state index contributed by atoms with van der Waals surface area (Å²) >= 11 is 0. The van der Waals surface area contributed by atoms with E-state index in [2.05, 4.69) is 10.3 Å². The van der Waals surface area contributed by atoms with Crippen molar-refractivity contribution >= 4 is 12.0 Å². The summed E-state index contributed by atoms with van der Waals surface area (Å²) in [4.78, 5) is 15.6. The summed E-state index contributed by atoms with van der Waals surface area (Å²) in [5.41, 5.74) is 1.97. The van der Waals surface area contributed by atoms with Crippen LogP contribution in [0.5, 0.6) is 0 Å². The van der Waals surface area contributed by atoms with Gasteiger partial charge in [-0.15, -0.1) is 0 Å². The highest BCUT2D eigenvalue weighted by Crippen LogP contribution is 2.03. The molecule has 0 aliphatic heterocycles. The van der Waals surface area contributed by atoms with Crippen molar-refractivity contribution in [1.29, 1.82) is 0 Å². The molecule has 0 aliphatic rings. The first-order valence-electron chi connectivity index (χ1n) is 6.10. The van der Waals surface area contributed by atoms with Gasteiger partial charge in [-0.05, 0) is 42.5 Å². The first kappa shape index (κ1) is 14.4. The van der Waals surface area contributed by atoms with Crippen LogP contribution in [0.3, 0.4) is 0 Å². The van der Waals surface area contributed by atoms with Gasteiger partial charge in [0.1, 0.15) is 0 Å². The Morgan fingerprint density at radius 1 is 1.56 bits per heavy atom. The molecule has 18 heavy (non-hydrogen) atoms. The Morgan fingerprint density at radius 3 is 3.00 bits per heavy atom. The maximum Gasteiger partial charge on any atom is 0.244 e. The van der Waals surface area contributed by atoms with Gasteiger partial charge in [-0.3, -0.25) is 9.78 Å². The van der Waals surface area contributed by atoms with Gasteiger partial charge in [0.2, 0.25) is 5.91 Å². The van der Waals surface area contributed by atoms with Crippen LogP contribution < -0.4 is 5.32 Å². The van der Waals surface area contributed by atoms with Crippen molar-refractivity contribution in [2.75, 3.05) is 13.2 Å². The monoisotopic (exact) mass is 248 g/mol. The number of hydrogen-bond donors (Lipinski definition) is 2. The number of hydrogen-bond acceptors (Lipinski definition) is 3. The number of amides is 1. The Morgan fingerprint density at radius 2 is 2.33 bits per heavy atom. The number of nitrogens with one attached hydrogen (secondary N) is 1. The molecule has 2 N–H and O–H groups in total. The van der Waals surface area contributed by atoms with Crippen LogP contribution >= 0.6 is 0 Å². The second-order valence-electron chi connectivity index (χ2n) is 4.49. The van der Waals surface area contributed by atoms with Gasteiger partial charge in [-0.2, -0.15) is 0 Å². The summed E-state index contributed by atoms with van der Waals surface area (Å²) < 4.78 is 0. The maximum atomic E-state index is 11.5. The highest BCUT2D eigenvalue weighted by molar-refractivity contribution is 5.91. The molecule has 0 radical (unpaired) electrons. The average molecular weight is 248 g/mol. The normalized spacial score (nSPS) is 12.6. The molecule has 1 amide bonds. The molecule has 0 spiro atoms. The van der Waals surface area contributed by atoms with Crippen molar-refractivity contribution in [1.82, 2.24) is 10.3 Å². The number of rotatable bonds is 6. The van der Waals surface area contributed by atoms with Crippen LogP contribution in [0.25, 0.3) is 6.08 Å². The van der Waals surface area contributed by atoms with E-state index in [4.69, 9.17) is 5.11 Å². The minimum atomic E-state index is -0.124. The number of aryl methyl sites for hydroxylation is 1. The lowest BCUT2D eigenvalue weighted by Gasteiger charge is -2.09. The van der Waals surface area contributed by atoms with Crippen molar-refractivity contribution in [2.45, 2.75) is 20.3 Å². The van der Waals surface area contributed by atoms with Gasteiger partial charge in [0, 0.05) is 31.6 Å². The quantitative estimate of drug-likeness (QED) is 0.751. The lowest BCUT2D eigenvalue weighted by Crippen LogP contribution is -2.26. The summed E-state index contributed by atoms with van der Waals surface area (Å²) in [6.45, 7) is 4.68. The van der Waals surface area contributed by atoms with Gasteiger partial charge in [0.25, 0.3) is 0 Å². The van der Waals surface area contributed by atoms with Crippen LogP contribution in [0.4, 0.5) is 0 Å². The number of aliphatic hydroxyl groups is 1. The number of carbonyl (C=O) groups is 1. The van der Waals surface area contributed by atoms with E-state index in [9.17, 15) is 4.79 Å². The molecule has 0 fully saturated rings. The van der Waals surface area contributed by atoms with E-state index >= 15 is 0 Å². The molecule has 1 heterocycles. The third-order valence-corrected chi connectivity index (χ3v) is 2.57. The SMILES string of the molecule is Cc1cncc(/C=C/C(=O)NCC(C)CCO)c1. The summed E-state index contributed by atoms with van der Waals surface area (Å²) in [6.07, 6.45) is 7.43. The summed E-state index contributed by atoms with van der Waals surface area (Å²) in [5.74, 6) is 0.161. The van der Waals surface area contributed by atoms with E-state index in [-0.39, 0.29) is 18.4 Å². The maximum absolute atomic E-state index is 11.5. The van der Waals surface area contributed by atoms with E-state index in [1.165, 1.54) is 6.08 Å². The second-order valence-corrected chi connectivity index (χ2v) is 4.49. The minimum absolute atomic E-state index is 0.124. The second kappa shape index (κ2) is 7.61. The fraction of sp³-hybridized carbons (Fsp3) is 0.429. The lowest BCUT2D eigenvalue weighted by molar-refractivity contribution is -0.116. The molecule has 1 rings (SSSR count). The Kier molecular flexibility index (Phi) is 6.08. The van der Waals surface area contributed by atoms with Crippen LogP contribution in [-0.2, 0) is 4.79 Å². The number of nitrogens with zero attached hydrogens (tertiary/aromatic N) is 1. The lowest BCUT2D eigenvalue weighted by atomic mass is 10.1. The topological polar surface area (TPSA) is 62.2 Å². The smallest absolute Gasteiger partial charge is 0.244 e. The Labute approximate surface area is 108 Å². The molecule has 4 heteroatoms.